The SMILES string of the molecule is CCCCCCCOC(=O)CCC(=O)N(CCCCCCC)CCCCCCC. The monoisotopic (exact) mass is 411 g/mol. The molecule has 29 heavy (non-hydrogen) atoms. The molecule has 0 bridgehead atoms. The predicted molar refractivity (Wildman–Crippen MR) is 123 cm³/mol. The molecule has 0 aromatic heterocycles. The standard InChI is InChI=1S/C25H49NO3/c1-4-7-10-13-16-21-26(22-17-14-11-8-5-2)24(27)19-20-25(28)29-23-18-15-12-9-6-3/h4-23H2,1-3H3. The molecule has 0 atom stereocenters. The van der Waals surface area contributed by atoms with Crippen LogP contribution < -0.4 is 0 Å². The third-order valence-electron chi connectivity index (χ3n) is 5.47. The molecule has 0 unspecified atom stereocenters. The summed E-state index contributed by atoms with van der Waals surface area (Å²) in [4.78, 5) is 26.6. The van der Waals surface area contributed by atoms with Crippen molar-refractivity contribution in [3.05, 3.63) is 0 Å². The molecule has 0 saturated heterocycles. The van der Waals surface area contributed by atoms with Crippen molar-refractivity contribution in [2.24, 2.45) is 0 Å². The van der Waals surface area contributed by atoms with Gasteiger partial charge in [-0.25, -0.2) is 0 Å². The molecule has 0 aliphatic carbocycles. The summed E-state index contributed by atoms with van der Waals surface area (Å²) in [6.07, 6.45) is 18.3. The normalized spacial score (nSPS) is 10.9. The minimum Gasteiger partial charge on any atom is -0.466 e. The van der Waals surface area contributed by atoms with Crippen molar-refractivity contribution in [1.29, 1.82) is 0 Å². The zero-order chi connectivity index (χ0) is 21.6. The van der Waals surface area contributed by atoms with Crippen molar-refractivity contribution in [2.75, 3.05) is 19.7 Å². The first kappa shape index (κ1) is 27.9. The summed E-state index contributed by atoms with van der Waals surface area (Å²) in [5, 5.41) is 0. The fourth-order valence-corrected chi connectivity index (χ4v) is 3.50. The molecule has 0 rings (SSSR count). The van der Waals surface area contributed by atoms with Gasteiger partial charge in [-0.2, -0.15) is 0 Å². The first-order chi connectivity index (χ1) is 14.2. The molecule has 0 fully saturated rings. The zero-order valence-electron chi connectivity index (χ0n) is 19.8. The molecule has 0 saturated carbocycles. The summed E-state index contributed by atoms with van der Waals surface area (Å²) < 4.78 is 5.29. The third kappa shape index (κ3) is 18.7. The smallest absolute Gasteiger partial charge is 0.306 e. The largest absolute Gasteiger partial charge is 0.466 e. The van der Waals surface area contributed by atoms with E-state index in [4.69, 9.17) is 4.74 Å². The number of esters is 1. The topological polar surface area (TPSA) is 46.6 Å². The molecule has 4 heteroatoms. The van der Waals surface area contributed by atoms with Crippen molar-refractivity contribution in [3.8, 4) is 0 Å². The zero-order valence-corrected chi connectivity index (χ0v) is 19.8. The van der Waals surface area contributed by atoms with Crippen LogP contribution in [0.25, 0.3) is 0 Å². The highest BCUT2D eigenvalue weighted by molar-refractivity contribution is 5.81. The molecule has 0 aliphatic heterocycles. The predicted octanol–water partition coefficient (Wildman–Crippen LogP) is 7.05. The Balaban J connectivity index is 4.12. The summed E-state index contributed by atoms with van der Waals surface area (Å²) in [6, 6.07) is 0. The first-order valence-electron chi connectivity index (χ1n) is 12.6. The van der Waals surface area contributed by atoms with E-state index in [1.165, 1.54) is 70.6 Å². The van der Waals surface area contributed by atoms with Gasteiger partial charge in [0.1, 0.15) is 0 Å². The summed E-state index contributed by atoms with van der Waals surface area (Å²) in [5.74, 6) is -0.101. The molecule has 0 aliphatic rings. The van der Waals surface area contributed by atoms with Gasteiger partial charge in [0.15, 0.2) is 0 Å². The van der Waals surface area contributed by atoms with Crippen LogP contribution in [0.4, 0.5) is 0 Å². The second kappa shape index (κ2) is 21.6. The lowest BCUT2D eigenvalue weighted by atomic mass is 10.1. The molecule has 0 N–H and O–H groups in total. The number of hydrogen-bond donors (Lipinski definition) is 0. The van der Waals surface area contributed by atoms with Crippen LogP contribution in [0.3, 0.4) is 0 Å². The molecule has 4 nitrogen and oxygen atoms in total. The highest BCUT2D eigenvalue weighted by atomic mass is 16.5. The van der Waals surface area contributed by atoms with E-state index in [0.29, 0.717) is 13.0 Å². The number of hydrogen-bond acceptors (Lipinski definition) is 3. The van der Waals surface area contributed by atoms with E-state index < -0.39 is 0 Å². The number of unbranched alkanes of at least 4 members (excludes halogenated alkanes) is 12. The maximum atomic E-state index is 12.7. The molecule has 0 aromatic rings. The van der Waals surface area contributed by atoms with Crippen LogP contribution in [0.5, 0.6) is 0 Å². The van der Waals surface area contributed by atoms with Gasteiger partial charge in [0.2, 0.25) is 5.91 Å². The number of amides is 1. The Hall–Kier alpha value is -1.06. The summed E-state index contributed by atoms with van der Waals surface area (Å²) >= 11 is 0. The van der Waals surface area contributed by atoms with Crippen molar-refractivity contribution >= 4 is 11.9 Å². The van der Waals surface area contributed by atoms with Crippen molar-refractivity contribution in [1.82, 2.24) is 4.90 Å². The third-order valence-corrected chi connectivity index (χ3v) is 5.47. The number of rotatable bonds is 21. The van der Waals surface area contributed by atoms with E-state index in [2.05, 4.69) is 20.8 Å². The Morgan fingerprint density at radius 3 is 1.52 bits per heavy atom. The summed E-state index contributed by atoms with van der Waals surface area (Å²) in [5.41, 5.74) is 0. The van der Waals surface area contributed by atoms with Gasteiger partial charge in [-0.3, -0.25) is 9.59 Å². The Morgan fingerprint density at radius 2 is 1.03 bits per heavy atom. The van der Waals surface area contributed by atoms with Gasteiger partial charge in [0, 0.05) is 19.5 Å². The molecule has 0 spiro atoms. The summed E-state index contributed by atoms with van der Waals surface area (Å²) in [7, 11) is 0. The summed E-state index contributed by atoms with van der Waals surface area (Å²) in [6.45, 7) is 8.80. The van der Waals surface area contributed by atoms with Gasteiger partial charge in [-0.1, -0.05) is 97.8 Å². The average Bonchev–Trinajstić information content (AvgIpc) is 2.72. The Bertz CT molecular complexity index is 370. The van der Waals surface area contributed by atoms with E-state index in [0.717, 1.165) is 38.8 Å². The molecular weight excluding hydrogens is 362 g/mol. The van der Waals surface area contributed by atoms with Gasteiger partial charge < -0.3 is 9.64 Å². The van der Waals surface area contributed by atoms with Crippen LogP contribution in [-0.4, -0.2) is 36.5 Å². The number of nitrogens with zero attached hydrogens (tertiary/aromatic N) is 1. The van der Waals surface area contributed by atoms with Crippen molar-refractivity contribution < 1.29 is 14.3 Å². The highest BCUT2D eigenvalue weighted by Gasteiger charge is 2.15. The second-order valence-electron chi connectivity index (χ2n) is 8.34. The maximum absolute atomic E-state index is 12.7. The van der Waals surface area contributed by atoms with Crippen LogP contribution in [0.15, 0.2) is 0 Å². The van der Waals surface area contributed by atoms with E-state index in [-0.39, 0.29) is 18.3 Å². The van der Waals surface area contributed by atoms with Crippen LogP contribution in [0, 0.1) is 0 Å². The molecule has 0 radical (unpaired) electrons. The van der Waals surface area contributed by atoms with Crippen LogP contribution >= 0.6 is 0 Å². The molecule has 0 aromatic carbocycles. The number of ether oxygens (including phenoxy) is 1. The molecule has 172 valence electrons. The van der Waals surface area contributed by atoms with E-state index >= 15 is 0 Å². The van der Waals surface area contributed by atoms with Crippen molar-refractivity contribution in [2.45, 2.75) is 130 Å². The molecule has 1 amide bonds. The van der Waals surface area contributed by atoms with Gasteiger partial charge in [0.25, 0.3) is 0 Å². The van der Waals surface area contributed by atoms with Gasteiger partial charge in [-0.05, 0) is 19.3 Å². The van der Waals surface area contributed by atoms with E-state index in [1.54, 1.807) is 0 Å². The van der Waals surface area contributed by atoms with Crippen molar-refractivity contribution in [3.63, 3.8) is 0 Å². The molecule has 0 heterocycles. The second-order valence-corrected chi connectivity index (χ2v) is 8.34. The lowest BCUT2D eigenvalue weighted by Crippen LogP contribution is -2.33. The quantitative estimate of drug-likeness (QED) is 0.150. The minimum absolute atomic E-state index is 0.121. The average molecular weight is 412 g/mol. The lowest BCUT2D eigenvalue weighted by molar-refractivity contribution is -0.146. The Labute approximate surface area is 181 Å². The van der Waals surface area contributed by atoms with Gasteiger partial charge in [-0.15, -0.1) is 0 Å². The van der Waals surface area contributed by atoms with Crippen LogP contribution in [-0.2, 0) is 14.3 Å². The Morgan fingerprint density at radius 1 is 0.586 bits per heavy atom. The minimum atomic E-state index is -0.223. The maximum Gasteiger partial charge on any atom is 0.306 e. The van der Waals surface area contributed by atoms with Gasteiger partial charge >= 0.3 is 5.97 Å². The van der Waals surface area contributed by atoms with Gasteiger partial charge in [0.05, 0.1) is 13.0 Å². The lowest BCUT2D eigenvalue weighted by Gasteiger charge is -2.23. The first-order valence-corrected chi connectivity index (χ1v) is 12.6. The van der Waals surface area contributed by atoms with Crippen LogP contribution in [0.1, 0.15) is 130 Å². The highest BCUT2D eigenvalue weighted by Crippen LogP contribution is 2.10. The van der Waals surface area contributed by atoms with Crippen LogP contribution in [0.2, 0.25) is 0 Å². The fraction of sp³-hybridized carbons (Fsp3) is 0.920. The Kier molecular flexibility index (Phi) is 20.9. The van der Waals surface area contributed by atoms with E-state index in [1.807, 2.05) is 4.90 Å². The van der Waals surface area contributed by atoms with E-state index in [9.17, 15) is 9.59 Å². The molecular formula is C25H49NO3. The fourth-order valence-electron chi connectivity index (χ4n) is 3.50. The number of carbonyl (C=O) groups is 2. The number of carbonyl (C=O) groups excluding carboxylic acids is 2.